The molecule has 1 aliphatic heterocycles. The molecule has 1 aromatic carbocycles. The monoisotopic (exact) mass is 445 g/mol. The van der Waals surface area contributed by atoms with Gasteiger partial charge in [0.2, 0.25) is 10.0 Å². The highest BCUT2D eigenvalue weighted by atomic mass is 35.5. The molecular weight excluding hydrogens is 422 g/mol. The van der Waals surface area contributed by atoms with Crippen molar-refractivity contribution in [1.29, 1.82) is 0 Å². The quantitative estimate of drug-likeness (QED) is 0.577. The third-order valence-electron chi connectivity index (χ3n) is 5.58. The highest BCUT2D eigenvalue weighted by Gasteiger charge is 2.34. The van der Waals surface area contributed by atoms with Gasteiger partial charge in [0.15, 0.2) is 5.76 Å². The Hall–Kier alpha value is -2.22. The largest absolute Gasteiger partial charge is 0.360 e. The fourth-order valence-electron chi connectivity index (χ4n) is 4.03. The summed E-state index contributed by atoms with van der Waals surface area (Å²) in [5.74, 6) is 0.591. The van der Waals surface area contributed by atoms with Gasteiger partial charge in [-0.05, 0) is 62.4 Å². The molecule has 0 N–H and O–H groups in total. The first-order chi connectivity index (χ1) is 14.3. The molecule has 0 atom stereocenters. The lowest BCUT2D eigenvalue weighted by molar-refractivity contribution is 0.316. The van der Waals surface area contributed by atoms with E-state index in [2.05, 4.69) is 28.3 Å². The van der Waals surface area contributed by atoms with Crippen LogP contribution >= 0.6 is 11.6 Å². The Bertz CT molecular complexity index is 1120. The van der Waals surface area contributed by atoms with E-state index in [0.29, 0.717) is 24.5 Å². The van der Waals surface area contributed by atoms with Gasteiger partial charge in [-0.3, -0.25) is 4.98 Å². The summed E-state index contributed by atoms with van der Waals surface area (Å²) in [6, 6.07) is 12.0. The van der Waals surface area contributed by atoms with E-state index in [1.54, 1.807) is 13.8 Å². The zero-order valence-corrected chi connectivity index (χ0v) is 18.6. The topological polar surface area (TPSA) is 76.3 Å². The highest BCUT2D eigenvalue weighted by Crippen LogP contribution is 2.31. The first-order valence-corrected chi connectivity index (χ1v) is 11.8. The Balaban J connectivity index is 1.40. The zero-order chi connectivity index (χ0) is 21.3. The van der Waals surface area contributed by atoms with Gasteiger partial charge in [0.25, 0.3) is 0 Å². The third kappa shape index (κ3) is 4.29. The van der Waals surface area contributed by atoms with Crippen molar-refractivity contribution < 1.29 is 12.9 Å². The van der Waals surface area contributed by atoms with Crippen molar-refractivity contribution in [2.75, 3.05) is 13.1 Å². The molecule has 2 aromatic heterocycles. The van der Waals surface area contributed by atoms with Gasteiger partial charge in [0.05, 0.1) is 0 Å². The number of hydrogen-bond acceptors (Lipinski definition) is 5. The molecule has 1 aliphatic rings. The molecule has 0 bridgehead atoms. The van der Waals surface area contributed by atoms with Crippen molar-refractivity contribution in [2.45, 2.75) is 43.9 Å². The van der Waals surface area contributed by atoms with E-state index in [1.807, 2.05) is 24.4 Å². The minimum atomic E-state index is -3.58. The average molecular weight is 446 g/mol. The first kappa shape index (κ1) is 21.0. The van der Waals surface area contributed by atoms with Crippen LogP contribution in [0.2, 0.25) is 5.02 Å². The fourth-order valence-corrected chi connectivity index (χ4v) is 6.00. The smallest absolute Gasteiger partial charge is 0.248 e. The van der Waals surface area contributed by atoms with Crippen molar-refractivity contribution in [3.05, 3.63) is 75.9 Å². The van der Waals surface area contributed by atoms with Gasteiger partial charge in [0, 0.05) is 35.9 Å². The molecule has 3 aromatic rings. The Kier molecular flexibility index (Phi) is 5.95. The normalized spacial score (nSPS) is 16.1. The highest BCUT2D eigenvalue weighted by molar-refractivity contribution is 7.89. The summed E-state index contributed by atoms with van der Waals surface area (Å²) in [6.45, 7) is 4.21. The Labute approximate surface area is 181 Å². The molecular formula is C22H24ClN3O3S. The Morgan fingerprint density at radius 1 is 1.13 bits per heavy atom. The number of pyridine rings is 1. The standard InChI is InChI=1S/C22H24ClN3O3S/c1-15-22(16(2)29-25-15)30(27,28)26-10-8-19(9-11-26)21-7-6-18(14-24-21)12-17-4-3-5-20(23)13-17/h3-7,13-14,19H,8-12H2,1-2H3. The lowest BCUT2D eigenvalue weighted by Gasteiger charge is -2.30. The van der Waals surface area contributed by atoms with Gasteiger partial charge in [0.1, 0.15) is 10.6 Å². The Morgan fingerprint density at radius 2 is 1.90 bits per heavy atom. The van der Waals surface area contributed by atoms with Crippen molar-refractivity contribution in [2.24, 2.45) is 0 Å². The molecule has 30 heavy (non-hydrogen) atoms. The van der Waals surface area contributed by atoms with E-state index in [0.717, 1.165) is 41.1 Å². The summed E-state index contributed by atoms with van der Waals surface area (Å²) in [5.41, 5.74) is 3.69. The summed E-state index contributed by atoms with van der Waals surface area (Å²) in [5, 5.41) is 4.52. The van der Waals surface area contributed by atoms with Crippen LogP contribution in [0.15, 0.2) is 52.0 Å². The number of sulfonamides is 1. The molecule has 4 rings (SSSR count). The number of aromatic nitrogens is 2. The summed E-state index contributed by atoms with van der Waals surface area (Å²) in [4.78, 5) is 4.86. The lowest BCUT2D eigenvalue weighted by atomic mass is 9.93. The van der Waals surface area contributed by atoms with Crippen LogP contribution in [0.5, 0.6) is 0 Å². The van der Waals surface area contributed by atoms with Crippen LogP contribution in [0.4, 0.5) is 0 Å². The van der Waals surface area contributed by atoms with Crippen LogP contribution in [-0.2, 0) is 16.4 Å². The SMILES string of the molecule is Cc1noc(C)c1S(=O)(=O)N1CCC(c2ccc(Cc3cccc(Cl)c3)cn2)CC1. The lowest BCUT2D eigenvalue weighted by Crippen LogP contribution is -2.38. The molecule has 1 fully saturated rings. The van der Waals surface area contributed by atoms with Gasteiger partial charge in [-0.1, -0.05) is 35.0 Å². The molecule has 0 amide bonds. The molecule has 0 spiro atoms. The second-order valence-electron chi connectivity index (χ2n) is 7.73. The van der Waals surface area contributed by atoms with Crippen LogP contribution in [0.3, 0.4) is 0 Å². The van der Waals surface area contributed by atoms with E-state index >= 15 is 0 Å². The van der Waals surface area contributed by atoms with Crippen LogP contribution in [0, 0.1) is 13.8 Å². The minimum absolute atomic E-state index is 0.199. The predicted octanol–water partition coefficient (Wildman–Crippen LogP) is 4.50. The number of rotatable bonds is 5. The molecule has 0 radical (unpaired) electrons. The maximum Gasteiger partial charge on any atom is 0.248 e. The van der Waals surface area contributed by atoms with Crippen LogP contribution < -0.4 is 0 Å². The summed E-state index contributed by atoms with van der Waals surface area (Å²) >= 11 is 6.06. The predicted molar refractivity (Wildman–Crippen MR) is 115 cm³/mol. The molecule has 0 unspecified atom stereocenters. The van der Waals surface area contributed by atoms with Crippen LogP contribution in [0.1, 0.15) is 47.0 Å². The number of benzene rings is 1. The molecule has 1 saturated heterocycles. The van der Waals surface area contributed by atoms with Gasteiger partial charge in [-0.25, -0.2) is 8.42 Å². The van der Waals surface area contributed by atoms with Crippen molar-refractivity contribution >= 4 is 21.6 Å². The maximum atomic E-state index is 13.0. The second kappa shape index (κ2) is 8.49. The molecule has 0 saturated carbocycles. The van der Waals surface area contributed by atoms with Crippen molar-refractivity contribution in [3.8, 4) is 0 Å². The molecule has 3 heterocycles. The van der Waals surface area contributed by atoms with Crippen molar-refractivity contribution in [3.63, 3.8) is 0 Å². The molecule has 8 heteroatoms. The summed E-state index contributed by atoms with van der Waals surface area (Å²) in [6.07, 6.45) is 4.16. The first-order valence-electron chi connectivity index (χ1n) is 9.97. The minimum Gasteiger partial charge on any atom is -0.360 e. The summed E-state index contributed by atoms with van der Waals surface area (Å²) < 4.78 is 32.5. The van der Waals surface area contributed by atoms with Crippen molar-refractivity contribution in [1.82, 2.24) is 14.4 Å². The van der Waals surface area contributed by atoms with E-state index in [9.17, 15) is 8.42 Å². The van der Waals surface area contributed by atoms with E-state index < -0.39 is 10.0 Å². The van der Waals surface area contributed by atoms with Gasteiger partial charge < -0.3 is 4.52 Å². The van der Waals surface area contributed by atoms with E-state index in [1.165, 1.54) is 4.31 Å². The number of hydrogen-bond donors (Lipinski definition) is 0. The van der Waals surface area contributed by atoms with E-state index in [-0.39, 0.29) is 10.8 Å². The number of nitrogens with zero attached hydrogens (tertiary/aromatic N) is 3. The Morgan fingerprint density at radius 3 is 2.50 bits per heavy atom. The third-order valence-corrected chi connectivity index (χ3v) is 7.96. The summed E-state index contributed by atoms with van der Waals surface area (Å²) in [7, 11) is -3.58. The van der Waals surface area contributed by atoms with Gasteiger partial charge in [-0.2, -0.15) is 4.31 Å². The number of piperidine rings is 1. The van der Waals surface area contributed by atoms with Crippen LogP contribution in [-0.4, -0.2) is 36.0 Å². The molecule has 6 nitrogen and oxygen atoms in total. The van der Waals surface area contributed by atoms with Gasteiger partial charge in [-0.15, -0.1) is 0 Å². The number of aryl methyl sites for hydroxylation is 2. The van der Waals surface area contributed by atoms with E-state index in [4.69, 9.17) is 16.1 Å². The molecule has 0 aliphatic carbocycles. The zero-order valence-electron chi connectivity index (χ0n) is 17.0. The van der Waals surface area contributed by atoms with Gasteiger partial charge >= 0.3 is 0 Å². The second-order valence-corrected chi connectivity index (χ2v) is 10.0. The maximum absolute atomic E-state index is 13.0. The number of halogens is 1. The molecule has 158 valence electrons. The fraction of sp³-hybridized carbons (Fsp3) is 0.364. The average Bonchev–Trinajstić information content (AvgIpc) is 3.07. The van der Waals surface area contributed by atoms with Crippen LogP contribution in [0.25, 0.3) is 0 Å².